The Morgan fingerprint density at radius 3 is 2.69 bits per heavy atom. The number of nitrogens with one attached hydrogen (secondary N) is 1. The van der Waals surface area contributed by atoms with Crippen LogP contribution in [0.15, 0.2) is 48.7 Å². The summed E-state index contributed by atoms with van der Waals surface area (Å²) in [6, 6.07) is 14.8. The Morgan fingerprint density at radius 2 is 1.93 bits per heavy atom. The smallest absolute Gasteiger partial charge is 0.220 e. The maximum atomic E-state index is 12.5. The second-order valence-corrected chi connectivity index (χ2v) is 8.87. The molecule has 1 aliphatic carbocycles. The first kappa shape index (κ1) is 18.6. The van der Waals surface area contributed by atoms with Gasteiger partial charge in [0.15, 0.2) is 0 Å². The van der Waals surface area contributed by atoms with Crippen LogP contribution in [-0.2, 0) is 11.3 Å². The molecule has 0 unspecified atom stereocenters. The predicted molar refractivity (Wildman–Crippen MR) is 112 cm³/mol. The van der Waals surface area contributed by atoms with E-state index in [9.17, 15) is 4.79 Å². The zero-order valence-electron chi connectivity index (χ0n) is 16.8. The minimum Gasteiger partial charge on any atom is -0.487 e. The van der Waals surface area contributed by atoms with Crippen LogP contribution in [0.4, 0.5) is 0 Å². The summed E-state index contributed by atoms with van der Waals surface area (Å²) in [5.41, 5.74) is 2.16. The summed E-state index contributed by atoms with van der Waals surface area (Å²) in [6.07, 6.45) is 7.61. The van der Waals surface area contributed by atoms with Crippen LogP contribution in [0.5, 0.6) is 5.75 Å². The first-order valence-corrected chi connectivity index (χ1v) is 10.9. The predicted octanol–water partition coefficient (Wildman–Crippen LogP) is 3.65. The van der Waals surface area contributed by atoms with Gasteiger partial charge in [-0.2, -0.15) is 0 Å². The van der Waals surface area contributed by atoms with Gasteiger partial charge in [-0.15, -0.1) is 0 Å². The number of hydrogen-bond acceptors (Lipinski definition) is 4. The zero-order chi connectivity index (χ0) is 19.7. The highest BCUT2D eigenvalue weighted by atomic mass is 16.5. The zero-order valence-corrected chi connectivity index (χ0v) is 16.8. The number of ether oxygens (including phenoxy) is 1. The van der Waals surface area contributed by atoms with Gasteiger partial charge in [-0.25, -0.2) is 0 Å². The van der Waals surface area contributed by atoms with Crippen LogP contribution >= 0.6 is 0 Å². The molecule has 5 heteroatoms. The van der Waals surface area contributed by atoms with E-state index in [1.807, 2.05) is 24.4 Å². The van der Waals surface area contributed by atoms with Crippen LogP contribution in [0.1, 0.15) is 55.7 Å². The van der Waals surface area contributed by atoms with Crippen LogP contribution in [0, 0.1) is 0 Å². The Labute approximate surface area is 172 Å². The summed E-state index contributed by atoms with van der Waals surface area (Å²) in [5.74, 6) is 1.40. The van der Waals surface area contributed by atoms with Gasteiger partial charge in [0.05, 0.1) is 5.69 Å². The van der Waals surface area contributed by atoms with Gasteiger partial charge in [-0.05, 0) is 55.9 Å². The molecule has 1 spiro atoms. The highest BCUT2D eigenvalue weighted by Gasteiger charge is 2.43. The number of pyridine rings is 1. The fourth-order valence-corrected chi connectivity index (χ4v) is 4.81. The third-order valence-electron chi connectivity index (χ3n) is 6.56. The van der Waals surface area contributed by atoms with Gasteiger partial charge < -0.3 is 10.1 Å². The lowest BCUT2D eigenvalue weighted by molar-refractivity contribution is -0.122. The third-order valence-corrected chi connectivity index (χ3v) is 6.56. The van der Waals surface area contributed by atoms with E-state index >= 15 is 0 Å². The third kappa shape index (κ3) is 4.30. The van der Waals surface area contributed by atoms with Gasteiger partial charge >= 0.3 is 0 Å². The number of benzene rings is 1. The number of likely N-dealkylation sites (tertiary alicyclic amines) is 1. The van der Waals surface area contributed by atoms with Crippen LogP contribution in [0.3, 0.4) is 0 Å². The number of para-hydroxylation sites is 1. The van der Waals surface area contributed by atoms with Gasteiger partial charge in [0.25, 0.3) is 0 Å². The molecule has 1 aromatic heterocycles. The number of carbonyl (C=O) groups excluding carboxylic acids is 1. The number of nitrogens with zero attached hydrogens (tertiary/aromatic N) is 2. The van der Waals surface area contributed by atoms with Crippen LogP contribution < -0.4 is 10.1 Å². The number of aromatic nitrogens is 1. The largest absolute Gasteiger partial charge is 0.487 e. The van der Waals surface area contributed by atoms with E-state index in [-0.39, 0.29) is 17.4 Å². The monoisotopic (exact) mass is 391 g/mol. The van der Waals surface area contributed by atoms with Crippen LogP contribution in [-0.4, -0.2) is 40.5 Å². The van der Waals surface area contributed by atoms with E-state index < -0.39 is 0 Å². The van der Waals surface area contributed by atoms with Crippen molar-refractivity contribution in [2.75, 3.05) is 13.1 Å². The van der Waals surface area contributed by atoms with E-state index in [0.29, 0.717) is 12.5 Å². The van der Waals surface area contributed by atoms with Crippen LogP contribution in [0.25, 0.3) is 0 Å². The standard InChI is InChI=1S/C24H29N3O2/c28-23(26-19-8-9-19)15-18-16-24(29-22-7-2-1-6-21(18)22)10-13-27(14-11-24)17-20-5-3-4-12-25-20/h1-7,12,18-19H,8-11,13-17H2,(H,26,28)/t18-/m0/s1. The molecule has 152 valence electrons. The fraction of sp³-hybridized carbons (Fsp3) is 0.500. The Balaban J connectivity index is 1.27. The van der Waals surface area contributed by atoms with Gasteiger partial charge in [0.2, 0.25) is 5.91 Å². The average Bonchev–Trinajstić information content (AvgIpc) is 3.55. The molecule has 2 fully saturated rings. The lowest BCUT2D eigenvalue weighted by Crippen LogP contribution is -2.50. The molecule has 0 radical (unpaired) electrons. The molecule has 1 amide bonds. The van der Waals surface area contributed by atoms with Gasteiger partial charge in [0, 0.05) is 44.2 Å². The molecule has 1 atom stereocenters. The van der Waals surface area contributed by atoms with Crippen molar-refractivity contribution in [3.63, 3.8) is 0 Å². The van der Waals surface area contributed by atoms with Crippen molar-refractivity contribution in [1.29, 1.82) is 0 Å². The molecule has 3 heterocycles. The van der Waals surface area contributed by atoms with Crippen molar-refractivity contribution >= 4 is 5.91 Å². The summed E-state index contributed by atoms with van der Waals surface area (Å²) < 4.78 is 6.59. The molecular weight excluding hydrogens is 362 g/mol. The first-order chi connectivity index (χ1) is 14.2. The molecule has 1 N–H and O–H groups in total. The first-order valence-electron chi connectivity index (χ1n) is 10.9. The molecule has 0 bridgehead atoms. The fourth-order valence-electron chi connectivity index (χ4n) is 4.81. The summed E-state index contributed by atoms with van der Waals surface area (Å²) in [6.45, 7) is 2.89. The lowest BCUT2D eigenvalue weighted by Gasteiger charge is -2.47. The van der Waals surface area contributed by atoms with E-state index in [1.54, 1.807) is 0 Å². The lowest BCUT2D eigenvalue weighted by atomic mass is 9.76. The molecule has 2 aliphatic heterocycles. The van der Waals surface area contributed by atoms with Gasteiger partial charge in [-0.3, -0.25) is 14.7 Å². The van der Waals surface area contributed by atoms with Gasteiger partial charge in [-0.1, -0.05) is 24.3 Å². The summed E-state index contributed by atoms with van der Waals surface area (Å²) in [4.78, 5) is 19.5. The minimum atomic E-state index is -0.153. The summed E-state index contributed by atoms with van der Waals surface area (Å²) in [7, 11) is 0. The number of rotatable bonds is 5. The molecular formula is C24H29N3O2. The van der Waals surface area contributed by atoms with Crippen molar-refractivity contribution in [1.82, 2.24) is 15.2 Å². The van der Waals surface area contributed by atoms with E-state index in [1.165, 1.54) is 5.56 Å². The molecule has 1 aromatic carbocycles. The normalized spacial score (nSPS) is 23.2. The number of carbonyl (C=O) groups is 1. The molecule has 3 aliphatic rings. The van der Waals surface area contributed by atoms with Crippen molar-refractivity contribution in [3.8, 4) is 5.75 Å². The van der Waals surface area contributed by atoms with Crippen molar-refractivity contribution in [2.45, 2.75) is 62.6 Å². The summed E-state index contributed by atoms with van der Waals surface area (Å²) in [5, 5.41) is 3.16. The molecule has 5 rings (SSSR count). The molecule has 29 heavy (non-hydrogen) atoms. The van der Waals surface area contributed by atoms with E-state index in [0.717, 1.165) is 63.2 Å². The molecule has 1 saturated carbocycles. The number of fused-ring (bicyclic) bond motifs is 1. The topological polar surface area (TPSA) is 54.5 Å². The Morgan fingerprint density at radius 1 is 1.14 bits per heavy atom. The van der Waals surface area contributed by atoms with Crippen molar-refractivity contribution in [3.05, 3.63) is 59.9 Å². The maximum Gasteiger partial charge on any atom is 0.220 e. The van der Waals surface area contributed by atoms with Crippen molar-refractivity contribution < 1.29 is 9.53 Å². The quantitative estimate of drug-likeness (QED) is 0.845. The molecule has 1 saturated heterocycles. The Bertz CT molecular complexity index is 857. The highest BCUT2D eigenvalue weighted by Crippen LogP contribution is 2.46. The Hall–Kier alpha value is -2.40. The molecule has 2 aromatic rings. The minimum absolute atomic E-state index is 0.153. The second kappa shape index (κ2) is 7.79. The highest BCUT2D eigenvalue weighted by molar-refractivity contribution is 5.77. The van der Waals surface area contributed by atoms with E-state index in [2.05, 4.69) is 39.5 Å². The SMILES string of the molecule is O=C(C[C@H]1CC2(CCN(Cc3ccccn3)CC2)Oc2ccccc21)NC1CC1. The maximum absolute atomic E-state index is 12.5. The van der Waals surface area contributed by atoms with Crippen molar-refractivity contribution in [2.24, 2.45) is 0 Å². The average molecular weight is 392 g/mol. The number of amides is 1. The Kier molecular flexibility index (Phi) is 5.00. The van der Waals surface area contributed by atoms with Crippen LogP contribution in [0.2, 0.25) is 0 Å². The second-order valence-electron chi connectivity index (χ2n) is 8.87. The molecule has 5 nitrogen and oxygen atoms in total. The number of piperidine rings is 1. The van der Waals surface area contributed by atoms with E-state index in [4.69, 9.17) is 4.74 Å². The number of hydrogen-bond donors (Lipinski definition) is 1. The van der Waals surface area contributed by atoms with Gasteiger partial charge in [0.1, 0.15) is 11.4 Å². The summed E-state index contributed by atoms with van der Waals surface area (Å²) >= 11 is 0.